The summed E-state index contributed by atoms with van der Waals surface area (Å²) in [6.07, 6.45) is 8.89. The number of ether oxygens (including phenoxy) is 4. The van der Waals surface area contributed by atoms with Crippen molar-refractivity contribution >= 4 is 48.2 Å². The molecule has 0 radical (unpaired) electrons. The molecule has 0 aliphatic carbocycles. The number of hydrogen-bond acceptors (Lipinski definition) is 13. The Bertz CT molecular complexity index is 1110. The van der Waals surface area contributed by atoms with Gasteiger partial charge in [0.2, 0.25) is 17.7 Å². The predicted molar refractivity (Wildman–Crippen MR) is 196 cm³/mol. The number of hydrogen-bond donors (Lipinski definition) is 7. The average Bonchev–Trinajstić information content (AvgIpc) is 3.14. The van der Waals surface area contributed by atoms with Crippen molar-refractivity contribution in [2.24, 2.45) is 0 Å². The summed E-state index contributed by atoms with van der Waals surface area (Å²) < 4.78 is 20.9. The van der Waals surface area contributed by atoms with Crippen LogP contribution in [0.5, 0.6) is 0 Å². The fraction of sp³-hybridized carbons (Fsp3) is 0.778. The third kappa shape index (κ3) is 33.1. The first kappa shape index (κ1) is 51.0. The van der Waals surface area contributed by atoms with Gasteiger partial charge in [-0.05, 0) is 25.7 Å². The minimum absolute atomic E-state index is 0.00447. The van der Waals surface area contributed by atoms with Crippen LogP contribution in [-0.4, -0.2) is 141 Å². The first-order chi connectivity index (χ1) is 26.5. The highest BCUT2D eigenvalue weighted by atomic mass is 16.5. The lowest BCUT2D eigenvalue weighted by atomic mass is 10.0. The minimum atomic E-state index is -1.39. The molecule has 0 bridgehead atoms. The van der Waals surface area contributed by atoms with Crippen molar-refractivity contribution in [1.82, 2.24) is 21.3 Å². The van der Waals surface area contributed by atoms with E-state index in [-0.39, 0.29) is 78.1 Å². The second kappa shape index (κ2) is 35.6. The summed E-state index contributed by atoms with van der Waals surface area (Å²) in [5.41, 5.74) is 0. The molecule has 3 atom stereocenters. The maximum atomic E-state index is 12.4. The number of carboxylic acid groups (broad SMARTS) is 3. The van der Waals surface area contributed by atoms with Crippen LogP contribution in [0.4, 0.5) is 0 Å². The SMILES string of the molecule is O=CCOCCOCCNC(C=O)OCCOCCNC(=O)CC[C@H](NC(=O)CC[C@H](NC(=O)CCCCCCCCCCCCC(=O)O)C(=O)O)C(=O)O. The second-order valence-electron chi connectivity index (χ2n) is 12.6. The van der Waals surface area contributed by atoms with E-state index in [0.29, 0.717) is 45.2 Å². The Morgan fingerprint density at radius 3 is 1.53 bits per heavy atom. The molecule has 0 aliphatic heterocycles. The number of carboxylic acids is 3. The summed E-state index contributed by atoms with van der Waals surface area (Å²) in [7, 11) is 0. The zero-order valence-corrected chi connectivity index (χ0v) is 31.8. The van der Waals surface area contributed by atoms with Crippen molar-refractivity contribution in [3.63, 3.8) is 0 Å². The zero-order chi connectivity index (χ0) is 40.9. The molecule has 3 amide bonds. The Morgan fingerprint density at radius 1 is 0.527 bits per heavy atom. The van der Waals surface area contributed by atoms with Crippen molar-refractivity contribution in [3.8, 4) is 0 Å². The summed E-state index contributed by atoms with van der Waals surface area (Å²) in [6.45, 7) is 1.69. The molecular formula is C36H62N4O15. The summed E-state index contributed by atoms with van der Waals surface area (Å²) in [6, 6.07) is -2.71. The van der Waals surface area contributed by atoms with Gasteiger partial charge in [-0.25, -0.2) is 9.59 Å². The van der Waals surface area contributed by atoms with E-state index in [1.54, 1.807) is 0 Å². The van der Waals surface area contributed by atoms with Gasteiger partial charge >= 0.3 is 17.9 Å². The maximum absolute atomic E-state index is 12.4. The lowest BCUT2D eigenvalue weighted by Gasteiger charge is -2.17. The quantitative estimate of drug-likeness (QED) is 0.0258. The van der Waals surface area contributed by atoms with Gasteiger partial charge in [-0.15, -0.1) is 0 Å². The minimum Gasteiger partial charge on any atom is -0.481 e. The van der Waals surface area contributed by atoms with E-state index in [1.807, 2.05) is 0 Å². The predicted octanol–water partition coefficient (Wildman–Crippen LogP) is 0.948. The van der Waals surface area contributed by atoms with Gasteiger partial charge in [0.05, 0.1) is 39.6 Å². The van der Waals surface area contributed by atoms with Crippen LogP contribution in [-0.2, 0) is 57.3 Å². The third-order valence-electron chi connectivity index (χ3n) is 8.00. The standard InChI is InChI=1S/C36H62N4O15/c41-19-22-54-24-23-52-21-18-38-33(27-42)55-26-25-53-20-17-37-30(43)15-13-28(35(48)49)40-32(45)16-14-29(36(50)51)39-31(44)11-9-7-5-3-1-2-4-6-8-10-12-34(46)47/h19,27-29,33,38H,1-18,20-26H2,(H,37,43)(H,39,44)(H,40,45)(H,46,47)(H,48,49)(H,50,51)/t28-,29-,33?/m0/s1. The molecule has 19 nitrogen and oxygen atoms in total. The molecule has 0 aromatic rings. The van der Waals surface area contributed by atoms with Crippen molar-refractivity contribution < 1.29 is 72.6 Å². The largest absolute Gasteiger partial charge is 0.481 e. The number of rotatable bonds is 40. The van der Waals surface area contributed by atoms with Crippen LogP contribution < -0.4 is 21.3 Å². The summed E-state index contributed by atoms with van der Waals surface area (Å²) in [5, 5.41) is 37.8. The number of carbonyl (C=O) groups excluding carboxylic acids is 5. The molecular weight excluding hydrogens is 728 g/mol. The third-order valence-corrected chi connectivity index (χ3v) is 8.00. The fourth-order valence-electron chi connectivity index (χ4n) is 5.03. The number of aldehydes is 2. The highest BCUT2D eigenvalue weighted by Crippen LogP contribution is 2.12. The Hall–Kier alpha value is -4.04. The number of carbonyl (C=O) groups is 8. The highest BCUT2D eigenvalue weighted by molar-refractivity contribution is 5.86. The molecule has 0 aromatic heterocycles. The van der Waals surface area contributed by atoms with Crippen molar-refractivity contribution in [1.29, 1.82) is 0 Å². The molecule has 0 saturated carbocycles. The van der Waals surface area contributed by atoms with E-state index in [1.165, 1.54) is 0 Å². The van der Waals surface area contributed by atoms with Crippen molar-refractivity contribution in [3.05, 3.63) is 0 Å². The summed E-state index contributed by atoms with van der Waals surface area (Å²) in [4.78, 5) is 92.1. The van der Waals surface area contributed by atoms with Gasteiger partial charge in [-0.3, -0.25) is 29.3 Å². The maximum Gasteiger partial charge on any atom is 0.326 e. The van der Waals surface area contributed by atoms with Crippen LogP contribution in [0.25, 0.3) is 0 Å². The molecule has 19 heteroatoms. The van der Waals surface area contributed by atoms with Crippen LogP contribution in [0.2, 0.25) is 0 Å². The molecule has 0 saturated heterocycles. The molecule has 0 aliphatic rings. The van der Waals surface area contributed by atoms with Crippen molar-refractivity contribution in [2.75, 3.05) is 59.3 Å². The van der Waals surface area contributed by atoms with Crippen LogP contribution in [0, 0.1) is 0 Å². The lowest BCUT2D eigenvalue weighted by Crippen LogP contribution is -2.44. The number of amides is 3. The van der Waals surface area contributed by atoms with Gasteiger partial charge in [0, 0.05) is 38.8 Å². The fourth-order valence-corrected chi connectivity index (χ4v) is 5.03. The Morgan fingerprint density at radius 2 is 1.00 bits per heavy atom. The Kier molecular flexibility index (Phi) is 33.0. The first-order valence-corrected chi connectivity index (χ1v) is 19.0. The van der Waals surface area contributed by atoms with E-state index >= 15 is 0 Å². The molecule has 7 N–H and O–H groups in total. The van der Waals surface area contributed by atoms with Gasteiger partial charge in [0.1, 0.15) is 25.0 Å². The molecule has 0 spiro atoms. The average molecular weight is 791 g/mol. The molecule has 316 valence electrons. The van der Waals surface area contributed by atoms with Gasteiger partial charge in [-0.1, -0.05) is 51.4 Å². The van der Waals surface area contributed by atoms with Gasteiger partial charge in [-0.2, -0.15) is 0 Å². The van der Waals surface area contributed by atoms with E-state index in [4.69, 9.17) is 24.1 Å². The van der Waals surface area contributed by atoms with E-state index in [0.717, 1.165) is 51.4 Å². The van der Waals surface area contributed by atoms with Crippen LogP contribution in [0.3, 0.4) is 0 Å². The number of aliphatic carboxylic acids is 3. The first-order valence-electron chi connectivity index (χ1n) is 19.0. The molecule has 0 aromatic carbocycles. The lowest BCUT2D eigenvalue weighted by molar-refractivity contribution is -0.143. The normalized spacial score (nSPS) is 12.6. The highest BCUT2D eigenvalue weighted by Gasteiger charge is 2.24. The van der Waals surface area contributed by atoms with Crippen molar-refractivity contribution in [2.45, 2.75) is 121 Å². The number of nitrogens with one attached hydrogen (secondary N) is 4. The molecule has 1 unspecified atom stereocenters. The molecule has 0 fully saturated rings. The van der Waals surface area contributed by atoms with Crippen LogP contribution >= 0.6 is 0 Å². The molecule has 0 rings (SSSR count). The second-order valence-corrected chi connectivity index (χ2v) is 12.6. The van der Waals surface area contributed by atoms with Gasteiger partial charge in [0.25, 0.3) is 0 Å². The van der Waals surface area contributed by atoms with Gasteiger partial charge < -0.3 is 55.0 Å². The molecule has 55 heavy (non-hydrogen) atoms. The van der Waals surface area contributed by atoms with Crippen LogP contribution in [0.15, 0.2) is 0 Å². The summed E-state index contributed by atoms with van der Waals surface area (Å²) >= 11 is 0. The molecule has 0 heterocycles. The Balaban J connectivity index is 4.12. The van der Waals surface area contributed by atoms with Gasteiger partial charge in [0.15, 0.2) is 12.5 Å². The smallest absolute Gasteiger partial charge is 0.326 e. The zero-order valence-electron chi connectivity index (χ0n) is 31.8. The van der Waals surface area contributed by atoms with E-state index < -0.39 is 53.9 Å². The monoisotopic (exact) mass is 790 g/mol. The Labute approximate surface area is 322 Å². The summed E-state index contributed by atoms with van der Waals surface area (Å²) in [5.74, 6) is -5.10. The van der Waals surface area contributed by atoms with E-state index in [9.17, 15) is 48.6 Å². The number of unbranched alkanes of at least 4 members (excludes halogenated alkanes) is 9. The topological polar surface area (TPSA) is 282 Å². The van der Waals surface area contributed by atoms with Crippen LogP contribution in [0.1, 0.15) is 103 Å². The van der Waals surface area contributed by atoms with E-state index in [2.05, 4.69) is 21.3 Å².